The monoisotopic (exact) mass is 376 g/mol. The van der Waals surface area contributed by atoms with Gasteiger partial charge < -0.3 is 19.8 Å². The zero-order valence-corrected chi connectivity index (χ0v) is 12.4. The summed E-state index contributed by atoms with van der Waals surface area (Å²) in [7, 11) is 0. The van der Waals surface area contributed by atoms with Gasteiger partial charge in [-0.15, -0.1) is 55.8 Å². The van der Waals surface area contributed by atoms with E-state index in [9.17, 15) is 30.3 Å². The van der Waals surface area contributed by atoms with Crippen LogP contribution in [0.3, 0.4) is 0 Å². The number of hydrogen-bond donors (Lipinski definition) is 1. The van der Waals surface area contributed by atoms with Crippen LogP contribution >= 0.6 is 0 Å². The van der Waals surface area contributed by atoms with E-state index in [4.69, 9.17) is 0 Å². The molecular weight excluding hydrogens is 368 g/mol. The lowest BCUT2D eigenvalue weighted by atomic mass is 10.0. The molecule has 2 rings (SSSR count). The fourth-order valence-electron chi connectivity index (χ4n) is 1.62. The van der Waals surface area contributed by atoms with Gasteiger partial charge >= 0.3 is 0 Å². The quantitative estimate of drug-likeness (QED) is 0.320. The molecule has 140 valence electrons. The smallest absolute Gasteiger partial charge is 0.294 e. The molecule has 0 unspecified atom stereocenters. The summed E-state index contributed by atoms with van der Waals surface area (Å²) in [4.78, 5) is 43.9. The van der Waals surface area contributed by atoms with Gasteiger partial charge in [0.05, 0.1) is 0 Å². The van der Waals surface area contributed by atoms with Crippen LogP contribution in [0.25, 0.3) is 5.78 Å². The van der Waals surface area contributed by atoms with Crippen LogP contribution < -0.4 is 5.32 Å². The van der Waals surface area contributed by atoms with Gasteiger partial charge in [0.1, 0.15) is 31.7 Å². The molecule has 0 amide bonds. The summed E-state index contributed by atoms with van der Waals surface area (Å²) < 4.78 is 1.05. The van der Waals surface area contributed by atoms with Gasteiger partial charge in [0, 0.05) is 0 Å². The Morgan fingerprint density at radius 3 is 2.00 bits per heavy atom. The molecule has 0 aliphatic carbocycles. The molecule has 0 saturated heterocycles. The summed E-state index contributed by atoms with van der Waals surface area (Å²) in [5.74, 6) is -0.339. The second kappa shape index (κ2) is 7.59. The molecule has 0 aromatic carbocycles. The van der Waals surface area contributed by atoms with Crippen LogP contribution in [-0.2, 0) is 14.5 Å². The third kappa shape index (κ3) is 4.90. The summed E-state index contributed by atoms with van der Waals surface area (Å²) in [6, 6.07) is 0. The van der Waals surface area contributed by atoms with E-state index >= 15 is 0 Å². The molecule has 1 N–H and O–H groups in total. The summed E-state index contributed by atoms with van der Waals surface area (Å²) in [6.07, 6.45) is 1.14. The molecule has 0 radical (unpaired) electrons. The molecule has 2 heterocycles. The van der Waals surface area contributed by atoms with Crippen LogP contribution in [0.1, 0.15) is 0 Å². The molecule has 0 fully saturated rings. The molecule has 0 aliphatic heterocycles. The molecule has 19 heteroatoms. The zero-order valence-electron chi connectivity index (χ0n) is 12.4. The van der Waals surface area contributed by atoms with Crippen LogP contribution in [0.15, 0.2) is 6.33 Å². The Bertz CT molecular complexity index is 763. The van der Waals surface area contributed by atoms with Crippen LogP contribution in [0, 0.1) is 30.3 Å². The van der Waals surface area contributed by atoms with Gasteiger partial charge in [-0.1, -0.05) is 0 Å². The molecule has 2 aromatic heterocycles. The van der Waals surface area contributed by atoms with Crippen LogP contribution in [0.5, 0.6) is 0 Å². The van der Waals surface area contributed by atoms with Crippen molar-refractivity contribution in [2.45, 2.75) is 5.54 Å². The van der Waals surface area contributed by atoms with E-state index in [0.717, 1.165) is 10.8 Å². The van der Waals surface area contributed by atoms with E-state index in [2.05, 4.69) is 45.3 Å². The lowest BCUT2D eigenvalue weighted by Gasteiger charge is -2.31. The first kappa shape index (κ1) is 18.2. The van der Waals surface area contributed by atoms with Crippen molar-refractivity contribution in [2.24, 2.45) is 0 Å². The number of nitrogens with one attached hydrogen (secondary N) is 1. The molecule has 0 bridgehead atoms. The second-order valence-corrected chi connectivity index (χ2v) is 4.50. The van der Waals surface area contributed by atoms with Crippen molar-refractivity contribution in [1.29, 1.82) is 0 Å². The standard InChI is InChI=1S/C7H8N10O9/c18-15(19)24-1-7(2-25-16(20)21,3-26-17(22)23)9-5-10-12-6-11-8-4-14(6)13-5/h4H,1-3H2,(H,9,13). The highest BCUT2D eigenvalue weighted by Crippen LogP contribution is 2.15. The zero-order chi connectivity index (χ0) is 19.2. The Morgan fingerprint density at radius 1 is 0.962 bits per heavy atom. The molecular formula is C7H8N10O9. The molecule has 0 aliphatic rings. The molecule has 0 saturated carbocycles. The Morgan fingerprint density at radius 2 is 1.50 bits per heavy atom. The van der Waals surface area contributed by atoms with Crippen molar-refractivity contribution in [3.05, 3.63) is 36.7 Å². The highest BCUT2D eigenvalue weighted by atomic mass is 17.0. The van der Waals surface area contributed by atoms with Crippen LogP contribution in [0.4, 0.5) is 5.95 Å². The molecule has 19 nitrogen and oxygen atoms in total. The summed E-state index contributed by atoms with van der Waals surface area (Å²) in [6.45, 7) is -2.82. The average molecular weight is 376 g/mol. The minimum atomic E-state index is -1.99. The summed E-state index contributed by atoms with van der Waals surface area (Å²) in [5.41, 5.74) is -1.99. The Hall–Kier alpha value is -4.19. The Kier molecular flexibility index (Phi) is 5.30. The second-order valence-electron chi connectivity index (χ2n) is 4.50. The van der Waals surface area contributed by atoms with Crippen LogP contribution in [-0.4, -0.2) is 70.6 Å². The third-order valence-electron chi connectivity index (χ3n) is 2.67. The van der Waals surface area contributed by atoms with E-state index in [1.54, 1.807) is 0 Å². The van der Waals surface area contributed by atoms with Gasteiger partial charge in [0.2, 0.25) is 0 Å². The molecule has 0 spiro atoms. The van der Waals surface area contributed by atoms with E-state index < -0.39 is 40.6 Å². The topological polar surface area (TPSA) is 238 Å². The van der Waals surface area contributed by atoms with Crippen LogP contribution in [0.2, 0.25) is 0 Å². The van der Waals surface area contributed by atoms with Crippen molar-refractivity contribution < 1.29 is 29.8 Å². The number of aromatic nitrogens is 6. The van der Waals surface area contributed by atoms with Crippen molar-refractivity contribution in [2.75, 3.05) is 25.1 Å². The molecule has 0 atom stereocenters. The van der Waals surface area contributed by atoms with Crippen molar-refractivity contribution in [3.63, 3.8) is 0 Å². The first-order chi connectivity index (χ1) is 12.3. The maximum Gasteiger partial charge on any atom is 0.294 e. The number of hydrogen-bond acceptors (Lipinski definition) is 15. The largest absolute Gasteiger partial charge is 0.340 e. The normalized spacial score (nSPS) is 10.9. The molecule has 26 heavy (non-hydrogen) atoms. The SMILES string of the molecule is O=[N+]([O-])OCC(CO[N+](=O)[O-])(CO[N+](=O)[O-])Nc1nnc2nncn2n1. The van der Waals surface area contributed by atoms with Gasteiger partial charge in [-0.25, -0.2) is 0 Å². The van der Waals surface area contributed by atoms with Gasteiger partial charge in [-0.2, -0.15) is 4.52 Å². The highest BCUT2D eigenvalue weighted by Gasteiger charge is 2.36. The number of rotatable bonds is 11. The first-order valence-corrected chi connectivity index (χ1v) is 6.30. The maximum atomic E-state index is 10.5. The van der Waals surface area contributed by atoms with Crippen molar-refractivity contribution in [3.8, 4) is 0 Å². The van der Waals surface area contributed by atoms with Gasteiger partial charge in [0.15, 0.2) is 0 Å². The van der Waals surface area contributed by atoms with E-state index in [0.29, 0.717) is 0 Å². The average Bonchev–Trinajstić information content (AvgIpc) is 3.03. The number of nitrogens with zero attached hydrogens (tertiary/aromatic N) is 9. The minimum absolute atomic E-state index is 0.00535. The predicted molar refractivity (Wildman–Crippen MR) is 71.6 cm³/mol. The van der Waals surface area contributed by atoms with E-state index in [-0.39, 0.29) is 11.7 Å². The Labute approximate surface area is 140 Å². The van der Waals surface area contributed by atoms with E-state index in [1.807, 2.05) is 0 Å². The predicted octanol–water partition coefficient (Wildman–Crippen LogP) is -2.31. The summed E-state index contributed by atoms with van der Waals surface area (Å²) in [5, 5.41) is 48.2. The minimum Gasteiger partial charge on any atom is -0.340 e. The van der Waals surface area contributed by atoms with E-state index in [1.165, 1.54) is 0 Å². The number of fused-ring (bicyclic) bond motifs is 1. The van der Waals surface area contributed by atoms with Gasteiger partial charge in [0.25, 0.3) is 27.0 Å². The van der Waals surface area contributed by atoms with Crippen molar-refractivity contribution in [1.82, 2.24) is 30.0 Å². The van der Waals surface area contributed by atoms with Gasteiger partial charge in [-0.3, -0.25) is 0 Å². The number of anilines is 1. The summed E-state index contributed by atoms with van der Waals surface area (Å²) >= 11 is 0. The lowest BCUT2D eigenvalue weighted by Crippen LogP contribution is -2.53. The third-order valence-corrected chi connectivity index (χ3v) is 2.67. The highest BCUT2D eigenvalue weighted by molar-refractivity contribution is 5.30. The Balaban J connectivity index is 2.30. The maximum absolute atomic E-state index is 10.5. The first-order valence-electron chi connectivity index (χ1n) is 6.30. The lowest BCUT2D eigenvalue weighted by molar-refractivity contribution is -0.777. The molecule has 2 aromatic rings. The van der Waals surface area contributed by atoms with Gasteiger partial charge in [-0.05, 0) is 0 Å². The van der Waals surface area contributed by atoms with Crippen molar-refractivity contribution >= 4 is 11.7 Å². The fourth-order valence-corrected chi connectivity index (χ4v) is 1.62. The fraction of sp³-hybridized carbons (Fsp3) is 0.571.